The van der Waals surface area contributed by atoms with E-state index in [9.17, 15) is 4.79 Å². The highest BCUT2D eigenvalue weighted by Crippen LogP contribution is 2.18. The van der Waals surface area contributed by atoms with Crippen LogP contribution in [0.3, 0.4) is 0 Å². The number of carboxylic acids is 1. The zero-order valence-electron chi connectivity index (χ0n) is 9.37. The molecule has 3 N–H and O–H groups in total. The molecule has 0 unspecified atom stereocenters. The molecule has 0 aromatic heterocycles. The van der Waals surface area contributed by atoms with Gasteiger partial charge in [-0.15, -0.1) is 0 Å². The molecule has 82 valence electrons. The molecular weight excluding hydrogens is 190 g/mol. The van der Waals surface area contributed by atoms with Gasteiger partial charge in [0, 0.05) is 6.42 Å². The summed E-state index contributed by atoms with van der Waals surface area (Å²) in [6.07, 6.45) is 0.362. The highest BCUT2D eigenvalue weighted by molar-refractivity contribution is 5.78. The number of rotatable bonds is 3. The van der Waals surface area contributed by atoms with Crippen molar-refractivity contribution in [3.8, 4) is 0 Å². The summed E-state index contributed by atoms with van der Waals surface area (Å²) in [6.45, 7) is 5.49. The minimum absolute atomic E-state index is 0.362. The van der Waals surface area contributed by atoms with Crippen LogP contribution < -0.4 is 5.73 Å². The van der Waals surface area contributed by atoms with Crippen LogP contribution in [0.25, 0.3) is 0 Å². The Bertz CT molecular complexity index is 363. The van der Waals surface area contributed by atoms with Gasteiger partial charge in [0.25, 0.3) is 0 Å². The molecule has 15 heavy (non-hydrogen) atoms. The highest BCUT2D eigenvalue weighted by atomic mass is 16.4. The first-order chi connectivity index (χ1) is 6.84. The van der Waals surface area contributed by atoms with Gasteiger partial charge in [-0.25, -0.2) is 0 Å². The van der Waals surface area contributed by atoms with E-state index >= 15 is 0 Å². The summed E-state index contributed by atoms with van der Waals surface area (Å²) in [7, 11) is 0. The van der Waals surface area contributed by atoms with E-state index in [2.05, 4.69) is 0 Å². The van der Waals surface area contributed by atoms with Crippen LogP contribution in [0.15, 0.2) is 18.2 Å². The number of benzene rings is 1. The number of carboxylic acid groups (broad SMARTS) is 1. The molecule has 0 heterocycles. The maximum atomic E-state index is 10.9. The Hall–Kier alpha value is -1.35. The van der Waals surface area contributed by atoms with Gasteiger partial charge in [0.15, 0.2) is 0 Å². The molecule has 0 aliphatic carbocycles. The fourth-order valence-electron chi connectivity index (χ4n) is 1.57. The zero-order chi connectivity index (χ0) is 11.6. The summed E-state index contributed by atoms with van der Waals surface area (Å²) in [6, 6.07) is 5.91. The van der Waals surface area contributed by atoms with Crippen molar-refractivity contribution in [1.29, 1.82) is 0 Å². The molecule has 0 spiro atoms. The first kappa shape index (κ1) is 11.7. The van der Waals surface area contributed by atoms with Gasteiger partial charge in [-0.05, 0) is 37.5 Å². The molecule has 0 saturated carbocycles. The Morgan fingerprint density at radius 2 is 1.87 bits per heavy atom. The number of carbonyl (C=O) groups is 1. The van der Waals surface area contributed by atoms with Crippen molar-refractivity contribution in [3.05, 3.63) is 34.9 Å². The van der Waals surface area contributed by atoms with Crippen molar-refractivity contribution in [3.63, 3.8) is 0 Å². The number of hydrogen-bond acceptors (Lipinski definition) is 2. The van der Waals surface area contributed by atoms with E-state index < -0.39 is 11.5 Å². The van der Waals surface area contributed by atoms with Crippen molar-refractivity contribution < 1.29 is 9.90 Å². The number of aryl methyl sites for hydroxylation is 2. The molecule has 3 nitrogen and oxygen atoms in total. The van der Waals surface area contributed by atoms with Crippen LogP contribution in [0.2, 0.25) is 0 Å². The van der Waals surface area contributed by atoms with Crippen LogP contribution in [0.1, 0.15) is 23.6 Å². The molecule has 0 radical (unpaired) electrons. The Labute approximate surface area is 89.9 Å². The molecule has 0 amide bonds. The van der Waals surface area contributed by atoms with Crippen LogP contribution >= 0.6 is 0 Å². The lowest BCUT2D eigenvalue weighted by Gasteiger charge is -2.21. The van der Waals surface area contributed by atoms with Crippen molar-refractivity contribution >= 4 is 5.97 Å². The minimum atomic E-state index is -1.20. The maximum absolute atomic E-state index is 10.9. The van der Waals surface area contributed by atoms with Gasteiger partial charge >= 0.3 is 5.97 Å². The van der Waals surface area contributed by atoms with Crippen molar-refractivity contribution in [2.45, 2.75) is 32.7 Å². The Balaban J connectivity index is 3.04. The lowest BCUT2D eigenvalue weighted by molar-refractivity contribution is -0.142. The summed E-state index contributed by atoms with van der Waals surface area (Å²) >= 11 is 0. The lowest BCUT2D eigenvalue weighted by Crippen LogP contribution is -2.47. The first-order valence-corrected chi connectivity index (χ1v) is 4.92. The van der Waals surface area contributed by atoms with Crippen LogP contribution in [-0.4, -0.2) is 16.6 Å². The fourth-order valence-corrected chi connectivity index (χ4v) is 1.57. The number of aliphatic carboxylic acids is 1. The third kappa shape index (κ3) is 2.57. The van der Waals surface area contributed by atoms with Crippen molar-refractivity contribution in [2.75, 3.05) is 0 Å². The largest absolute Gasteiger partial charge is 0.480 e. The summed E-state index contributed by atoms with van der Waals surface area (Å²) in [4.78, 5) is 10.9. The van der Waals surface area contributed by atoms with Crippen molar-refractivity contribution in [2.24, 2.45) is 5.73 Å². The first-order valence-electron chi connectivity index (χ1n) is 4.92. The Morgan fingerprint density at radius 1 is 1.40 bits per heavy atom. The Morgan fingerprint density at radius 3 is 2.27 bits per heavy atom. The van der Waals surface area contributed by atoms with E-state index in [1.165, 1.54) is 0 Å². The van der Waals surface area contributed by atoms with Gasteiger partial charge in [0.05, 0.1) is 0 Å². The second kappa shape index (κ2) is 4.03. The molecule has 0 bridgehead atoms. The van der Waals surface area contributed by atoms with Gasteiger partial charge in [0.1, 0.15) is 5.54 Å². The SMILES string of the molecule is Cc1cccc(C)c1C[C@](C)(N)C(=O)O. The molecule has 3 heteroatoms. The summed E-state index contributed by atoms with van der Waals surface area (Å²) < 4.78 is 0. The average Bonchev–Trinajstić information content (AvgIpc) is 2.11. The molecule has 1 aromatic carbocycles. The molecule has 0 fully saturated rings. The molecule has 1 atom stereocenters. The lowest BCUT2D eigenvalue weighted by atomic mass is 9.89. The molecule has 1 rings (SSSR count). The monoisotopic (exact) mass is 207 g/mol. The van der Waals surface area contributed by atoms with E-state index in [1.807, 2.05) is 32.0 Å². The van der Waals surface area contributed by atoms with Gasteiger partial charge < -0.3 is 10.8 Å². The number of hydrogen-bond donors (Lipinski definition) is 2. The zero-order valence-corrected chi connectivity index (χ0v) is 9.37. The second-order valence-electron chi connectivity index (χ2n) is 4.27. The van der Waals surface area contributed by atoms with E-state index in [4.69, 9.17) is 10.8 Å². The molecule has 0 aliphatic heterocycles. The molecule has 0 saturated heterocycles. The predicted molar refractivity (Wildman–Crippen MR) is 59.8 cm³/mol. The fraction of sp³-hybridized carbons (Fsp3) is 0.417. The topological polar surface area (TPSA) is 63.3 Å². The quantitative estimate of drug-likeness (QED) is 0.792. The highest BCUT2D eigenvalue weighted by Gasteiger charge is 2.29. The van der Waals surface area contributed by atoms with Gasteiger partial charge in [-0.3, -0.25) is 4.79 Å². The van der Waals surface area contributed by atoms with E-state index in [0.29, 0.717) is 6.42 Å². The minimum Gasteiger partial charge on any atom is -0.480 e. The second-order valence-corrected chi connectivity index (χ2v) is 4.27. The summed E-state index contributed by atoms with van der Waals surface area (Å²) in [5, 5.41) is 8.96. The van der Waals surface area contributed by atoms with Gasteiger partial charge in [0.2, 0.25) is 0 Å². The normalized spacial score (nSPS) is 14.7. The van der Waals surface area contributed by atoms with Crippen molar-refractivity contribution in [1.82, 2.24) is 0 Å². The van der Waals surface area contributed by atoms with E-state index in [0.717, 1.165) is 16.7 Å². The van der Waals surface area contributed by atoms with E-state index in [-0.39, 0.29) is 0 Å². The van der Waals surface area contributed by atoms with E-state index in [1.54, 1.807) is 6.92 Å². The van der Waals surface area contributed by atoms with Crippen LogP contribution in [0.5, 0.6) is 0 Å². The Kier molecular flexibility index (Phi) is 3.15. The van der Waals surface area contributed by atoms with Crippen LogP contribution in [0.4, 0.5) is 0 Å². The standard InChI is InChI=1S/C12H17NO2/c1-8-5-4-6-9(2)10(8)7-12(3,13)11(14)15/h4-6H,7,13H2,1-3H3,(H,14,15)/t12-/m0/s1. The smallest absolute Gasteiger partial charge is 0.323 e. The average molecular weight is 207 g/mol. The number of nitrogens with two attached hydrogens (primary N) is 1. The third-order valence-electron chi connectivity index (χ3n) is 2.68. The van der Waals surface area contributed by atoms with Crippen LogP contribution in [-0.2, 0) is 11.2 Å². The maximum Gasteiger partial charge on any atom is 0.323 e. The molecule has 1 aromatic rings. The van der Waals surface area contributed by atoms with Crippen LogP contribution in [0, 0.1) is 13.8 Å². The predicted octanol–water partition coefficient (Wildman–Crippen LogP) is 1.65. The van der Waals surface area contributed by atoms with Gasteiger partial charge in [-0.1, -0.05) is 18.2 Å². The molecular formula is C12H17NO2. The van der Waals surface area contributed by atoms with Gasteiger partial charge in [-0.2, -0.15) is 0 Å². The third-order valence-corrected chi connectivity index (χ3v) is 2.68. The summed E-state index contributed by atoms with van der Waals surface area (Å²) in [5.74, 6) is -0.967. The summed E-state index contributed by atoms with van der Waals surface area (Å²) in [5.41, 5.74) is 7.75. The molecule has 0 aliphatic rings.